The molecular weight excluding hydrogens is 202 g/mol. The normalized spacial score (nSPS) is 10.6. The Morgan fingerprint density at radius 2 is 2.57 bits per heavy atom. The molecule has 6 heteroatoms. The van der Waals surface area contributed by atoms with Crippen LogP contribution in [0.1, 0.15) is 12.1 Å². The fraction of sp³-hybridized carbons (Fsp3) is 0.375. The number of rotatable bonds is 3. The van der Waals surface area contributed by atoms with Crippen LogP contribution in [-0.4, -0.2) is 27.7 Å². The first-order chi connectivity index (χ1) is 6.81. The minimum Gasteiger partial charge on any atom is -0.469 e. The van der Waals surface area contributed by atoms with E-state index in [0.29, 0.717) is 12.8 Å². The topological polar surface area (TPSA) is 56.5 Å². The maximum absolute atomic E-state index is 10.9. The number of fused-ring (bicyclic) bond motifs is 1. The van der Waals surface area contributed by atoms with Crippen molar-refractivity contribution in [1.29, 1.82) is 0 Å². The molecule has 0 aromatic carbocycles. The molecule has 0 fully saturated rings. The number of aryl methyl sites for hydroxylation is 1. The Balaban J connectivity index is 2.11. The summed E-state index contributed by atoms with van der Waals surface area (Å²) in [6.45, 7) is 0. The van der Waals surface area contributed by atoms with Crippen molar-refractivity contribution >= 4 is 22.3 Å². The van der Waals surface area contributed by atoms with Crippen LogP contribution in [-0.2, 0) is 16.0 Å². The first-order valence-electron chi connectivity index (χ1n) is 4.14. The molecule has 0 unspecified atom stereocenters. The van der Waals surface area contributed by atoms with E-state index in [0.717, 1.165) is 10.7 Å². The Morgan fingerprint density at radius 1 is 1.71 bits per heavy atom. The Hall–Kier alpha value is -1.43. The number of esters is 1. The largest absolute Gasteiger partial charge is 0.469 e. The van der Waals surface area contributed by atoms with Gasteiger partial charge in [0.05, 0.1) is 13.5 Å². The quantitative estimate of drug-likeness (QED) is 0.708. The predicted octanol–water partition coefficient (Wildman–Crippen LogP) is 0.896. The highest BCUT2D eigenvalue weighted by molar-refractivity contribution is 7.15. The Labute approximate surface area is 84.3 Å². The van der Waals surface area contributed by atoms with Crippen LogP contribution in [0.4, 0.5) is 0 Å². The molecule has 2 aromatic rings. The molecule has 74 valence electrons. The second-order valence-corrected chi connectivity index (χ2v) is 3.62. The minimum absolute atomic E-state index is 0.197. The zero-order valence-electron chi connectivity index (χ0n) is 7.64. The lowest BCUT2D eigenvalue weighted by Crippen LogP contribution is -2.02. The molecule has 0 radical (unpaired) electrons. The molecule has 0 saturated heterocycles. The lowest BCUT2D eigenvalue weighted by molar-refractivity contribution is -0.140. The molecule has 0 spiro atoms. The summed E-state index contributed by atoms with van der Waals surface area (Å²) in [4.78, 5) is 11.8. The predicted molar refractivity (Wildman–Crippen MR) is 51.2 cm³/mol. The van der Waals surface area contributed by atoms with Gasteiger partial charge in [-0.2, -0.15) is 0 Å². The third-order valence-corrected chi connectivity index (χ3v) is 2.82. The fourth-order valence-electron chi connectivity index (χ4n) is 1.19. The third-order valence-electron chi connectivity index (χ3n) is 1.94. The summed E-state index contributed by atoms with van der Waals surface area (Å²) in [7, 11) is 1.39. The van der Waals surface area contributed by atoms with Crippen LogP contribution in [0.2, 0.25) is 0 Å². The average Bonchev–Trinajstić information content (AvgIpc) is 2.76. The summed E-state index contributed by atoms with van der Waals surface area (Å²) >= 11 is 1.52. The number of methoxy groups -OCH3 is 1. The summed E-state index contributed by atoms with van der Waals surface area (Å²) in [5.41, 5.74) is 1.04. The van der Waals surface area contributed by atoms with Gasteiger partial charge in [-0.25, -0.2) is 0 Å². The minimum atomic E-state index is -0.197. The van der Waals surface area contributed by atoms with Crippen LogP contribution >= 0.6 is 11.3 Å². The summed E-state index contributed by atoms with van der Waals surface area (Å²) in [6.07, 6.45) is 2.70. The van der Waals surface area contributed by atoms with Gasteiger partial charge in [0.25, 0.3) is 0 Å². The lowest BCUT2D eigenvalue weighted by atomic mass is 10.2. The van der Waals surface area contributed by atoms with E-state index in [2.05, 4.69) is 14.9 Å². The first kappa shape index (κ1) is 9.14. The Bertz CT molecular complexity index is 448. The van der Waals surface area contributed by atoms with Crippen LogP contribution < -0.4 is 0 Å². The Kier molecular flexibility index (Phi) is 2.45. The fourth-order valence-corrected chi connectivity index (χ4v) is 2.04. The second kappa shape index (κ2) is 3.75. The van der Waals surface area contributed by atoms with Crippen LogP contribution in [0.3, 0.4) is 0 Å². The van der Waals surface area contributed by atoms with E-state index in [1.165, 1.54) is 18.4 Å². The monoisotopic (exact) mass is 211 g/mol. The van der Waals surface area contributed by atoms with Gasteiger partial charge in [-0.15, -0.1) is 21.5 Å². The maximum Gasteiger partial charge on any atom is 0.305 e. The number of hydrogen-bond acceptors (Lipinski definition) is 5. The number of carbonyl (C=O) groups excluding carboxylic acids is 1. The summed E-state index contributed by atoms with van der Waals surface area (Å²) in [5.74, 6) is -0.197. The number of thiazole rings is 1. The highest BCUT2D eigenvalue weighted by Gasteiger charge is 2.07. The van der Waals surface area contributed by atoms with E-state index in [-0.39, 0.29) is 5.97 Å². The maximum atomic E-state index is 10.9. The van der Waals surface area contributed by atoms with Gasteiger partial charge >= 0.3 is 5.97 Å². The van der Waals surface area contributed by atoms with Crippen LogP contribution in [0, 0.1) is 0 Å². The zero-order valence-corrected chi connectivity index (χ0v) is 8.45. The summed E-state index contributed by atoms with van der Waals surface area (Å²) in [6, 6.07) is 0. The van der Waals surface area contributed by atoms with Gasteiger partial charge < -0.3 is 4.74 Å². The van der Waals surface area contributed by atoms with Crippen LogP contribution in [0.25, 0.3) is 4.96 Å². The molecule has 2 aromatic heterocycles. The molecule has 0 bridgehead atoms. The third kappa shape index (κ3) is 1.60. The molecule has 0 aliphatic carbocycles. The molecular formula is C8H9N3O2S. The zero-order chi connectivity index (χ0) is 9.97. The lowest BCUT2D eigenvalue weighted by Gasteiger charge is -1.97. The number of hydrogen-bond donors (Lipinski definition) is 0. The highest BCUT2D eigenvalue weighted by Crippen LogP contribution is 2.14. The van der Waals surface area contributed by atoms with Crippen molar-refractivity contribution in [2.75, 3.05) is 7.11 Å². The molecule has 0 aliphatic heterocycles. The van der Waals surface area contributed by atoms with Gasteiger partial charge in [-0.1, -0.05) is 0 Å². The highest BCUT2D eigenvalue weighted by atomic mass is 32.1. The van der Waals surface area contributed by atoms with Crippen molar-refractivity contribution in [1.82, 2.24) is 14.6 Å². The second-order valence-electron chi connectivity index (χ2n) is 2.79. The van der Waals surface area contributed by atoms with Gasteiger partial charge in [0, 0.05) is 11.1 Å². The number of aromatic nitrogens is 3. The molecule has 2 heterocycles. The smallest absolute Gasteiger partial charge is 0.305 e. The standard InChI is InChI=1S/C8H9N3O2S/c1-13-7(12)3-2-6-4-14-8-10-9-5-11(6)8/h4-5H,2-3H2,1H3. The SMILES string of the molecule is COC(=O)CCc1csc2nncn12. The molecule has 2 rings (SSSR count). The first-order valence-corrected chi connectivity index (χ1v) is 5.02. The van der Waals surface area contributed by atoms with E-state index in [9.17, 15) is 4.79 Å². The van der Waals surface area contributed by atoms with E-state index >= 15 is 0 Å². The van der Waals surface area contributed by atoms with Crippen molar-refractivity contribution in [3.05, 3.63) is 17.4 Å². The molecule has 0 N–H and O–H groups in total. The molecule has 14 heavy (non-hydrogen) atoms. The van der Waals surface area contributed by atoms with Crippen LogP contribution in [0.5, 0.6) is 0 Å². The van der Waals surface area contributed by atoms with E-state index in [1.807, 2.05) is 9.78 Å². The van der Waals surface area contributed by atoms with Crippen molar-refractivity contribution in [2.24, 2.45) is 0 Å². The van der Waals surface area contributed by atoms with Crippen molar-refractivity contribution in [2.45, 2.75) is 12.8 Å². The molecule has 5 nitrogen and oxygen atoms in total. The van der Waals surface area contributed by atoms with Gasteiger partial charge in [-0.3, -0.25) is 9.20 Å². The molecule has 0 saturated carbocycles. The van der Waals surface area contributed by atoms with E-state index in [1.54, 1.807) is 6.33 Å². The van der Waals surface area contributed by atoms with E-state index in [4.69, 9.17) is 0 Å². The number of ether oxygens (including phenoxy) is 1. The van der Waals surface area contributed by atoms with Gasteiger partial charge in [0.2, 0.25) is 4.96 Å². The van der Waals surface area contributed by atoms with Crippen molar-refractivity contribution in [3.8, 4) is 0 Å². The molecule has 0 aliphatic rings. The Morgan fingerprint density at radius 3 is 3.36 bits per heavy atom. The number of carbonyl (C=O) groups is 1. The summed E-state index contributed by atoms with van der Waals surface area (Å²) < 4.78 is 6.45. The van der Waals surface area contributed by atoms with E-state index < -0.39 is 0 Å². The molecule has 0 atom stereocenters. The number of nitrogens with zero attached hydrogens (tertiary/aromatic N) is 3. The summed E-state index contributed by atoms with van der Waals surface area (Å²) in [5, 5.41) is 9.66. The van der Waals surface area contributed by atoms with Gasteiger partial charge in [0.1, 0.15) is 6.33 Å². The van der Waals surface area contributed by atoms with Crippen LogP contribution in [0.15, 0.2) is 11.7 Å². The average molecular weight is 211 g/mol. The van der Waals surface area contributed by atoms with Crippen molar-refractivity contribution < 1.29 is 9.53 Å². The molecule has 0 amide bonds. The van der Waals surface area contributed by atoms with Gasteiger partial charge in [0.15, 0.2) is 0 Å². The van der Waals surface area contributed by atoms with Crippen molar-refractivity contribution in [3.63, 3.8) is 0 Å². The van der Waals surface area contributed by atoms with Gasteiger partial charge in [-0.05, 0) is 6.42 Å².